The normalized spacial score (nSPS) is 16.6. The summed E-state index contributed by atoms with van der Waals surface area (Å²) in [5, 5.41) is 12.4. The lowest BCUT2D eigenvalue weighted by Gasteiger charge is -2.33. The van der Waals surface area contributed by atoms with Crippen molar-refractivity contribution in [2.75, 3.05) is 38.7 Å². The fourth-order valence-electron chi connectivity index (χ4n) is 2.69. The number of nitrogens with zero attached hydrogens (tertiary/aromatic N) is 2. The third-order valence-corrected chi connectivity index (χ3v) is 3.87. The molecular formula is C16H22FN3O. The SMILES string of the molecule is COCCCN1CCC(Nc2ccc(F)cc2C#N)CC1. The predicted octanol–water partition coefficient (Wildman–Crippen LogP) is 2.61. The van der Waals surface area contributed by atoms with Gasteiger partial charge in [-0.2, -0.15) is 5.26 Å². The van der Waals surface area contributed by atoms with Crippen LogP contribution in [-0.4, -0.2) is 44.3 Å². The molecule has 114 valence electrons. The lowest BCUT2D eigenvalue weighted by atomic mass is 10.0. The molecule has 0 aromatic heterocycles. The Bertz CT molecular complexity index is 493. The zero-order valence-electron chi connectivity index (χ0n) is 12.4. The summed E-state index contributed by atoms with van der Waals surface area (Å²) in [4.78, 5) is 2.44. The van der Waals surface area contributed by atoms with Crippen molar-refractivity contribution in [3.63, 3.8) is 0 Å². The monoisotopic (exact) mass is 291 g/mol. The van der Waals surface area contributed by atoms with E-state index in [0.717, 1.165) is 51.2 Å². The molecular weight excluding hydrogens is 269 g/mol. The van der Waals surface area contributed by atoms with Crippen LogP contribution in [0.3, 0.4) is 0 Å². The van der Waals surface area contributed by atoms with Crippen molar-refractivity contribution in [2.24, 2.45) is 0 Å². The first-order valence-electron chi connectivity index (χ1n) is 7.40. The van der Waals surface area contributed by atoms with Gasteiger partial charge in [0.1, 0.15) is 11.9 Å². The number of nitrogens with one attached hydrogen (secondary N) is 1. The number of anilines is 1. The summed E-state index contributed by atoms with van der Waals surface area (Å²) in [5.74, 6) is -0.370. The molecule has 0 radical (unpaired) electrons. The number of hydrogen-bond acceptors (Lipinski definition) is 4. The van der Waals surface area contributed by atoms with Gasteiger partial charge in [-0.05, 0) is 37.5 Å². The van der Waals surface area contributed by atoms with Gasteiger partial charge in [0.25, 0.3) is 0 Å². The van der Waals surface area contributed by atoms with E-state index < -0.39 is 0 Å². The summed E-state index contributed by atoms with van der Waals surface area (Å²) < 4.78 is 18.2. The highest BCUT2D eigenvalue weighted by molar-refractivity contribution is 5.57. The molecule has 0 bridgehead atoms. The molecule has 0 amide bonds. The first kappa shape index (κ1) is 15.7. The Balaban J connectivity index is 1.82. The number of halogens is 1. The minimum Gasteiger partial charge on any atom is -0.385 e. The second-order valence-corrected chi connectivity index (χ2v) is 5.41. The van der Waals surface area contributed by atoms with Crippen LogP contribution in [0.1, 0.15) is 24.8 Å². The maximum atomic E-state index is 13.1. The first-order valence-corrected chi connectivity index (χ1v) is 7.40. The zero-order valence-corrected chi connectivity index (χ0v) is 12.4. The Morgan fingerprint density at radius 2 is 2.19 bits per heavy atom. The smallest absolute Gasteiger partial charge is 0.124 e. The molecule has 1 saturated heterocycles. The fourth-order valence-corrected chi connectivity index (χ4v) is 2.69. The van der Waals surface area contributed by atoms with Gasteiger partial charge >= 0.3 is 0 Å². The Kier molecular flexibility index (Phi) is 5.97. The molecule has 1 aliphatic rings. The van der Waals surface area contributed by atoms with Crippen LogP contribution < -0.4 is 5.32 Å². The largest absolute Gasteiger partial charge is 0.385 e. The van der Waals surface area contributed by atoms with Crippen LogP contribution in [-0.2, 0) is 4.74 Å². The number of hydrogen-bond donors (Lipinski definition) is 1. The quantitative estimate of drug-likeness (QED) is 0.819. The molecule has 0 unspecified atom stereocenters. The van der Waals surface area contributed by atoms with Crippen molar-refractivity contribution in [1.29, 1.82) is 5.26 Å². The van der Waals surface area contributed by atoms with Crippen molar-refractivity contribution in [3.05, 3.63) is 29.6 Å². The number of likely N-dealkylation sites (tertiary alicyclic amines) is 1. The molecule has 5 heteroatoms. The first-order chi connectivity index (χ1) is 10.2. The van der Waals surface area contributed by atoms with Crippen molar-refractivity contribution in [3.8, 4) is 6.07 Å². The number of nitriles is 1. The van der Waals surface area contributed by atoms with Crippen LogP contribution in [0.2, 0.25) is 0 Å². The summed E-state index contributed by atoms with van der Waals surface area (Å²) in [6.45, 7) is 3.97. The van der Waals surface area contributed by atoms with Gasteiger partial charge in [0.2, 0.25) is 0 Å². The highest BCUT2D eigenvalue weighted by atomic mass is 19.1. The molecule has 0 atom stereocenters. The summed E-state index contributed by atoms with van der Waals surface area (Å²) >= 11 is 0. The zero-order chi connectivity index (χ0) is 15.1. The molecule has 0 saturated carbocycles. The number of ether oxygens (including phenoxy) is 1. The summed E-state index contributed by atoms with van der Waals surface area (Å²) in [5.41, 5.74) is 1.11. The van der Waals surface area contributed by atoms with Crippen molar-refractivity contribution < 1.29 is 9.13 Å². The van der Waals surface area contributed by atoms with Crippen molar-refractivity contribution in [2.45, 2.75) is 25.3 Å². The van der Waals surface area contributed by atoms with E-state index in [1.807, 2.05) is 6.07 Å². The lowest BCUT2D eigenvalue weighted by molar-refractivity contribution is 0.159. The maximum absolute atomic E-state index is 13.1. The molecule has 4 nitrogen and oxygen atoms in total. The summed E-state index contributed by atoms with van der Waals surface area (Å²) in [6.07, 6.45) is 3.13. The van der Waals surface area contributed by atoms with Crippen LogP contribution in [0.15, 0.2) is 18.2 Å². The minimum absolute atomic E-state index is 0.348. The Morgan fingerprint density at radius 3 is 2.86 bits per heavy atom. The Hall–Kier alpha value is -1.64. The predicted molar refractivity (Wildman–Crippen MR) is 80.7 cm³/mol. The topological polar surface area (TPSA) is 48.3 Å². The molecule has 1 heterocycles. The second-order valence-electron chi connectivity index (χ2n) is 5.41. The van der Waals surface area contributed by atoms with Crippen LogP contribution in [0.5, 0.6) is 0 Å². The standard InChI is InChI=1S/C16H22FN3O/c1-21-10-2-7-20-8-5-15(6-9-20)19-16-4-3-14(17)11-13(16)12-18/h3-4,11,15,19H,2,5-10H2,1H3. The molecule has 1 aromatic rings. The van der Waals surface area contributed by atoms with Gasteiger partial charge < -0.3 is 15.0 Å². The van der Waals surface area contributed by atoms with Crippen molar-refractivity contribution >= 4 is 5.69 Å². The van der Waals surface area contributed by atoms with Crippen molar-refractivity contribution in [1.82, 2.24) is 4.90 Å². The number of methoxy groups -OCH3 is 1. The van der Waals surface area contributed by atoms with Gasteiger partial charge in [0, 0.05) is 39.4 Å². The highest BCUT2D eigenvalue weighted by Gasteiger charge is 2.19. The summed E-state index contributed by atoms with van der Waals surface area (Å²) in [6, 6.07) is 6.71. The van der Waals surface area contributed by atoms with E-state index in [9.17, 15) is 4.39 Å². The van der Waals surface area contributed by atoms with Crippen LogP contribution >= 0.6 is 0 Å². The Labute approximate surface area is 125 Å². The fraction of sp³-hybridized carbons (Fsp3) is 0.562. The molecule has 1 N–H and O–H groups in total. The molecule has 1 aromatic carbocycles. The molecule has 1 aliphatic heterocycles. The summed E-state index contributed by atoms with van der Waals surface area (Å²) in [7, 11) is 1.73. The average Bonchev–Trinajstić information content (AvgIpc) is 2.51. The van der Waals surface area contributed by atoms with Gasteiger partial charge in [-0.1, -0.05) is 0 Å². The van der Waals surface area contributed by atoms with E-state index in [2.05, 4.69) is 10.2 Å². The Morgan fingerprint density at radius 1 is 1.43 bits per heavy atom. The third-order valence-electron chi connectivity index (χ3n) is 3.87. The molecule has 0 aliphatic carbocycles. The van der Waals surface area contributed by atoms with Crippen LogP contribution in [0.25, 0.3) is 0 Å². The van der Waals surface area contributed by atoms with Gasteiger partial charge in [0.15, 0.2) is 0 Å². The van der Waals surface area contributed by atoms with E-state index in [1.165, 1.54) is 12.1 Å². The van der Waals surface area contributed by atoms with E-state index in [4.69, 9.17) is 10.00 Å². The molecule has 1 fully saturated rings. The number of piperidine rings is 1. The molecule has 2 rings (SSSR count). The van der Waals surface area contributed by atoms with Gasteiger partial charge in [0.05, 0.1) is 11.3 Å². The highest BCUT2D eigenvalue weighted by Crippen LogP contribution is 2.21. The lowest BCUT2D eigenvalue weighted by Crippen LogP contribution is -2.39. The number of rotatable bonds is 6. The van der Waals surface area contributed by atoms with E-state index in [1.54, 1.807) is 13.2 Å². The minimum atomic E-state index is -0.370. The van der Waals surface area contributed by atoms with Gasteiger partial charge in [-0.3, -0.25) is 0 Å². The maximum Gasteiger partial charge on any atom is 0.124 e. The molecule has 0 spiro atoms. The van der Waals surface area contributed by atoms with E-state index in [-0.39, 0.29) is 5.82 Å². The second kappa shape index (κ2) is 7.96. The third kappa shape index (κ3) is 4.69. The number of benzene rings is 1. The average molecular weight is 291 g/mol. The van der Waals surface area contributed by atoms with Crippen LogP contribution in [0.4, 0.5) is 10.1 Å². The van der Waals surface area contributed by atoms with E-state index >= 15 is 0 Å². The van der Waals surface area contributed by atoms with Gasteiger partial charge in [-0.15, -0.1) is 0 Å². The van der Waals surface area contributed by atoms with E-state index in [0.29, 0.717) is 11.6 Å². The molecule has 21 heavy (non-hydrogen) atoms. The van der Waals surface area contributed by atoms with Gasteiger partial charge in [-0.25, -0.2) is 4.39 Å². The van der Waals surface area contributed by atoms with Crippen LogP contribution in [0, 0.1) is 17.1 Å².